The highest BCUT2D eigenvalue weighted by Crippen LogP contribution is 2.29. The van der Waals surface area contributed by atoms with Crippen molar-refractivity contribution in [3.05, 3.63) is 33.3 Å². The maximum Gasteiger partial charge on any atom is 0.150 e. The Labute approximate surface area is 141 Å². The van der Waals surface area contributed by atoms with E-state index in [0.717, 1.165) is 29.4 Å². The van der Waals surface area contributed by atoms with Crippen molar-refractivity contribution in [1.29, 1.82) is 0 Å². The molecule has 21 heavy (non-hydrogen) atoms. The molecule has 0 aliphatic rings. The van der Waals surface area contributed by atoms with Crippen LogP contribution in [-0.4, -0.2) is 26.5 Å². The SMILES string of the molecule is CCCNC(CCCS(=O)(=O)CC)c1ccc(Cl)cc1Br. The molecule has 0 radical (unpaired) electrons. The van der Waals surface area contributed by atoms with Crippen LogP contribution in [0.4, 0.5) is 0 Å². The Morgan fingerprint density at radius 2 is 2.05 bits per heavy atom. The minimum atomic E-state index is -2.90. The molecular formula is C15H23BrClNO2S. The molecule has 0 aliphatic carbocycles. The van der Waals surface area contributed by atoms with Crippen molar-refractivity contribution in [2.45, 2.75) is 39.2 Å². The first kappa shape index (κ1) is 18.9. The van der Waals surface area contributed by atoms with E-state index in [1.165, 1.54) is 0 Å². The number of hydrogen-bond acceptors (Lipinski definition) is 3. The summed E-state index contributed by atoms with van der Waals surface area (Å²) in [5, 5.41) is 4.17. The molecule has 6 heteroatoms. The number of rotatable bonds is 9. The van der Waals surface area contributed by atoms with Crippen LogP contribution in [0.2, 0.25) is 5.02 Å². The van der Waals surface area contributed by atoms with Crippen molar-refractivity contribution in [3.8, 4) is 0 Å². The van der Waals surface area contributed by atoms with E-state index in [2.05, 4.69) is 28.2 Å². The summed E-state index contributed by atoms with van der Waals surface area (Å²) < 4.78 is 24.2. The Morgan fingerprint density at radius 3 is 2.62 bits per heavy atom. The lowest BCUT2D eigenvalue weighted by Crippen LogP contribution is -2.23. The van der Waals surface area contributed by atoms with Crippen LogP contribution in [0.25, 0.3) is 0 Å². The van der Waals surface area contributed by atoms with Crippen LogP contribution in [0.1, 0.15) is 44.7 Å². The van der Waals surface area contributed by atoms with E-state index in [-0.39, 0.29) is 17.5 Å². The predicted molar refractivity (Wildman–Crippen MR) is 93.7 cm³/mol. The van der Waals surface area contributed by atoms with E-state index in [4.69, 9.17) is 11.6 Å². The van der Waals surface area contributed by atoms with Gasteiger partial charge in [0.1, 0.15) is 9.84 Å². The quantitative estimate of drug-likeness (QED) is 0.674. The van der Waals surface area contributed by atoms with Crippen LogP contribution in [0.5, 0.6) is 0 Å². The van der Waals surface area contributed by atoms with Crippen LogP contribution in [0.15, 0.2) is 22.7 Å². The summed E-state index contributed by atoms with van der Waals surface area (Å²) in [6, 6.07) is 5.88. The van der Waals surface area contributed by atoms with Gasteiger partial charge >= 0.3 is 0 Å². The molecule has 3 nitrogen and oxygen atoms in total. The van der Waals surface area contributed by atoms with E-state index >= 15 is 0 Å². The Hall–Kier alpha value is -0.100. The zero-order valence-corrected chi connectivity index (χ0v) is 15.7. The van der Waals surface area contributed by atoms with Gasteiger partial charge in [0, 0.05) is 21.3 Å². The molecule has 1 unspecified atom stereocenters. The zero-order chi connectivity index (χ0) is 15.9. The van der Waals surface area contributed by atoms with Gasteiger partial charge < -0.3 is 5.32 Å². The van der Waals surface area contributed by atoms with Gasteiger partial charge in [-0.25, -0.2) is 8.42 Å². The molecule has 0 saturated carbocycles. The summed E-state index contributed by atoms with van der Waals surface area (Å²) >= 11 is 9.52. The molecule has 120 valence electrons. The molecule has 0 saturated heterocycles. The molecule has 0 fully saturated rings. The van der Waals surface area contributed by atoms with Crippen LogP contribution in [0.3, 0.4) is 0 Å². The number of sulfone groups is 1. The number of benzene rings is 1. The summed E-state index contributed by atoms with van der Waals surface area (Å²) in [4.78, 5) is 0. The first-order valence-corrected chi connectivity index (χ1v) is 10.3. The van der Waals surface area contributed by atoms with Crippen molar-refractivity contribution in [3.63, 3.8) is 0 Å². The van der Waals surface area contributed by atoms with Crippen molar-refractivity contribution in [1.82, 2.24) is 5.32 Å². The van der Waals surface area contributed by atoms with E-state index in [9.17, 15) is 8.42 Å². The van der Waals surface area contributed by atoms with Gasteiger partial charge in [0.05, 0.1) is 5.75 Å². The highest BCUT2D eigenvalue weighted by molar-refractivity contribution is 9.10. The summed E-state index contributed by atoms with van der Waals surface area (Å²) in [7, 11) is -2.90. The Morgan fingerprint density at radius 1 is 1.33 bits per heavy atom. The van der Waals surface area contributed by atoms with Gasteiger partial charge in [-0.15, -0.1) is 0 Å². The van der Waals surface area contributed by atoms with E-state index in [0.29, 0.717) is 11.4 Å². The third-order valence-corrected chi connectivity index (χ3v) is 6.08. The van der Waals surface area contributed by atoms with Gasteiger partial charge in [-0.05, 0) is 43.5 Å². The number of halogens is 2. The fourth-order valence-corrected chi connectivity index (χ4v) is 3.98. The molecule has 0 aliphatic heterocycles. The molecule has 1 aromatic carbocycles. The van der Waals surface area contributed by atoms with E-state index < -0.39 is 9.84 Å². The van der Waals surface area contributed by atoms with Gasteiger partial charge in [0.2, 0.25) is 0 Å². The van der Waals surface area contributed by atoms with Gasteiger partial charge in [0.15, 0.2) is 0 Å². The topological polar surface area (TPSA) is 46.2 Å². The normalized spacial score (nSPS) is 13.3. The van der Waals surface area contributed by atoms with Crippen molar-refractivity contribution in [2.24, 2.45) is 0 Å². The average Bonchev–Trinajstić information content (AvgIpc) is 2.43. The summed E-state index contributed by atoms with van der Waals surface area (Å²) in [6.45, 7) is 4.71. The second kappa shape index (κ2) is 9.13. The predicted octanol–water partition coefficient (Wildman–Crippen LogP) is 4.36. The summed E-state index contributed by atoms with van der Waals surface area (Å²) in [5.41, 5.74) is 1.13. The molecule has 1 aromatic rings. The molecule has 0 spiro atoms. The van der Waals surface area contributed by atoms with Gasteiger partial charge in [0.25, 0.3) is 0 Å². The summed E-state index contributed by atoms with van der Waals surface area (Å²) in [5.74, 6) is 0.462. The smallest absolute Gasteiger partial charge is 0.150 e. The highest BCUT2D eigenvalue weighted by Gasteiger charge is 2.16. The maximum absolute atomic E-state index is 11.6. The zero-order valence-electron chi connectivity index (χ0n) is 12.5. The molecule has 0 amide bonds. The van der Waals surface area contributed by atoms with Crippen LogP contribution in [-0.2, 0) is 9.84 Å². The lowest BCUT2D eigenvalue weighted by molar-refractivity contribution is 0.491. The van der Waals surface area contributed by atoms with Crippen LogP contribution >= 0.6 is 27.5 Å². The second-order valence-electron chi connectivity index (χ2n) is 5.05. The van der Waals surface area contributed by atoms with Crippen LogP contribution in [0, 0.1) is 0 Å². The lowest BCUT2D eigenvalue weighted by atomic mass is 10.0. The minimum absolute atomic E-state index is 0.142. The molecule has 1 atom stereocenters. The standard InChI is InChI=1S/C15H23BrClNO2S/c1-3-9-18-15(6-5-10-21(19,20)4-2)13-8-7-12(17)11-14(13)16/h7-8,11,15,18H,3-6,9-10H2,1-2H3. The minimum Gasteiger partial charge on any atom is -0.310 e. The van der Waals surface area contributed by atoms with Crippen molar-refractivity contribution in [2.75, 3.05) is 18.1 Å². The summed E-state index contributed by atoms with van der Waals surface area (Å²) in [6.07, 6.45) is 2.49. The average molecular weight is 397 g/mol. The number of hydrogen-bond donors (Lipinski definition) is 1. The van der Waals surface area contributed by atoms with Crippen molar-refractivity contribution < 1.29 is 8.42 Å². The number of nitrogens with one attached hydrogen (secondary N) is 1. The van der Waals surface area contributed by atoms with E-state index in [1.807, 2.05) is 18.2 Å². The van der Waals surface area contributed by atoms with E-state index in [1.54, 1.807) is 6.92 Å². The fraction of sp³-hybridized carbons (Fsp3) is 0.600. The first-order valence-electron chi connectivity index (χ1n) is 7.28. The van der Waals surface area contributed by atoms with Gasteiger partial charge in [-0.1, -0.05) is 47.4 Å². The molecule has 1 N–H and O–H groups in total. The molecule has 0 heterocycles. The first-order chi connectivity index (χ1) is 9.89. The lowest BCUT2D eigenvalue weighted by Gasteiger charge is -2.20. The molecule has 1 rings (SSSR count). The second-order valence-corrected chi connectivity index (χ2v) is 8.81. The Bertz CT molecular complexity index is 549. The monoisotopic (exact) mass is 395 g/mol. The van der Waals surface area contributed by atoms with Crippen molar-refractivity contribution >= 4 is 37.4 Å². The Kier molecular flexibility index (Phi) is 8.24. The van der Waals surface area contributed by atoms with Gasteiger partial charge in [-0.3, -0.25) is 0 Å². The van der Waals surface area contributed by atoms with Gasteiger partial charge in [-0.2, -0.15) is 0 Å². The maximum atomic E-state index is 11.6. The largest absolute Gasteiger partial charge is 0.310 e. The third kappa shape index (κ3) is 6.68. The molecular weight excluding hydrogens is 374 g/mol. The molecule has 0 bridgehead atoms. The third-order valence-electron chi connectivity index (χ3n) is 3.37. The highest BCUT2D eigenvalue weighted by atomic mass is 79.9. The fourth-order valence-electron chi connectivity index (χ4n) is 2.12. The van der Waals surface area contributed by atoms with Crippen LogP contribution < -0.4 is 5.32 Å². The molecule has 0 aromatic heterocycles. The Balaban J connectivity index is 2.76.